The van der Waals surface area contributed by atoms with Gasteiger partial charge in [0.1, 0.15) is 0 Å². The average Bonchev–Trinajstić information content (AvgIpc) is 3.26. The molecule has 1 aliphatic carbocycles. The number of hydrogen-bond donors (Lipinski definition) is 0. The molecule has 37 heavy (non-hydrogen) atoms. The SMILES string of the molecule is COC(=O)[C@@H]1C[C@H](C[Se]c2ccccc2)[C@H](CS(=O)(=O)c2ccc(C)cc2)[C@H]1[Si](C)(C)c1ccccc1. The molecule has 0 aliphatic heterocycles. The van der Waals surface area contributed by atoms with Gasteiger partial charge < -0.3 is 0 Å². The fraction of sp³-hybridized carbons (Fsp3) is 0.367. The van der Waals surface area contributed by atoms with Gasteiger partial charge in [0.15, 0.2) is 0 Å². The summed E-state index contributed by atoms with van der Waals surface area (Å²) in [6.07, 6.45) is 0.684. The van der Waals surface area contributed by atoms with Crippen molar-refractivity contribution in [1.29, 1.82) is 0 Å². The van der Waals surface area contributed by atoms with Crippen LogP contribution in [0.1, 0.15) is 12.0 Å². The van der Waals surface area contributed by atoms with E-state index in [0.717, 1.165) is 10.9 Å². The van der Waals surface area contributed by atoms with Crippen LogP contribution in [0.5, 0.6) is 0 Å². The second-order valence-corrected chi connectivity index (χ2v) is 19.6. The van der Waals surface area contributed by atoms with E-state index in [1.165, 1.54) is 16.8 Å². The first-order chi connectivity index (χ1) is 17.6. The van der Waals surface area contributed by atoms with E-state index in [4.69, 9.17) is 4.74 Å². The Bertz CT molecular complexity index is 1290. The van der Waals surface area contributed by atoms with Crippen molar-refractivity contribution in [1.82, 2.24) is 0 Å². The molecular formula is C30H36O4SSeSi. The van der Waals surface area contributed by atoms with Crippen molar-refractivity contribution < 1.29 is 17.9 Å². The van der Waals surface area contributed by atoms with Gasteiger partial charge in [-0.2, -0.15) is 0 Å². The van der Waals surface area contributed by atoms with Crippen LogP contribution in [-0.2, 0) is 19.4 Å². The van der Waals surface area contributed by atoms with E-state index >= 15 is 0 Å². The average molecular weight is 600 g/mol. The first-order valence-corrected chi connectivity index (χ1v) is 19.5. The number of benzene rings is 3. The number of hydrogen-bond acceptors (Lipinski definition) is 4. The molecule has 4 atom stereocenters. The van der Waals surface area contributed by atoms with Gasteiger partial charge in [0.05, 0.1) is 0 Å². The van der Waals surface area contributed by atoms with Crippen LogP contribution in [0.2, 0.25) is 24.0 Å². The van der Waals surface area contributed by atoms with Crippen molar-refractivity contribution >= 4 is 48.5 Å². The van der Waals surface area contributed by atoms with Crippen LogP contribution in [0.3, 0.4) is 0 Å². The Morgan fingerprint density at radius 1 is 0.946 bits per heavy atom. The van der Waals surface area contributed by atoms with Crippen molar-refractivity contribution in [2.24, 2.45) is 17.8 Å². The molecule has 0 bridgehead atoms. The van der Waals surface area contributed by atoms with Crippen LogP contribution in [0, 0.1) is 24.7 Å². The Labute approximate surface area is 228 Å². The van der Waals surface area contributed by atoms with Gasteiger partial charge in [-0.1, -0.05) is 0 Å². The third-order valence-electron chi connectivity index (χ3n) is 7.91. The van der Waals surface area contributed by atoms with Crippen LogP contribution in [0.15, 0.2) is 89.8 Å². The number of methoxy groups -OCH3 is 1. The Morgan fingerprint density at radius 3 is 2.14 bits per heavy atom. The Kier molecular flexibility index (Phi) is 8.80. The molecular weight excluding hydrogens is 563 g/mol. The van der Waals surface area contributed by atoms with Gasteiger partial charge in [0.2, 0.25) is 0 Å². The van der Waals surface area contributed by atoms with E-state index in [0.29, 0.717) is 11.3 Å². The van der Waals surface area contributed by atoms with Crippen molar-refractivity contribution in [2.45, 2.75) is 42.2 Å². The molecule has 196 valence electrons. The second-order valence-electron chi connectivity index (χ2n) is 10.6. The summed E-state index contributed by atoms with van der Waals surface area (Å²) in [4.78, 5) is 13.6. The Balaban J connectivity index is 1.75. The van der Waals surface area contributed by atoms with Crippen molar-refractivity contribution in [3.63, 3.8) is 0 Å². The molecule has 1 aliphatic rings. The molecule has 7 heteroatoms. The molecule has 3 aromatic carbocycles. The quantitative estimate of drug-likeness (QED) is 0.266. The van der Waals surface area contributed by atoms with Gasteiger partial charge in [-0.3, -0.25) is 0 Å². The molecule has 4 nitrogen and oxygen atoms in total. The summed E-state index contributed by atoms with van der Waals surface area (Å²) >= 11 is 0.200. The molecule has 0 amide bonds. The molecule has 4 rings (SSSR count). The number of ether oxygens (including phenoxy) is 1. The fourth-order valence-electron chi connectivity index (χ4n) is 5.98. The first-order valence-electron chi connectivity index (χ1n) is 12.7. The summed E-state index contributed by atoms with van der Waals surface area (Å²) in [5, 5.41) is 2.16. The van der Waals surface area contributed by atoms with Gasteiger partial charge in [0.25, 0.3) is 0 Å². The summed E-state index contributed by atoms with van der Waals surface area (Å²) in [7, 11) is -4.35. The predicted molar refractivity (Wildman–Crippen MR) is 154 cm³/mol. The molecule has 0 N–H and O–H groups in total. The van der Waals surface area contributed by atoms with Gasteiger partial charge in [-0.15, -0.1) is 0 Å². The first kappa shape index (κ1) is 27.8. The summed E-state index contributed by atoms with van der Waals surface area (Å²) in [5.74, 6) is -0.393. The second kappa shape index (κ2) is 11.7. The third-order valence-corrected chi connectivity index (χ3v) is 16.6. The molecule has 0 saturated heterocycles. The number of aryl methyl sites for hydroxylation is 1. The number of carbonyl (C=O) groups excluding carboxylic acids is 1. The monoisotopic (exact) mass is 600 g/mol. The molecule has 1 saturated carbocycles. The number of rotatable bonds is 9. The summed E-state index contributed by atoms with van der Waals surface area (Å²) < 4.78 is 34.2. The zero-order valence-corrected chi connectivity index (χ0v) is 25.5. The topological polar surface area (TPSA) is 60.4 Å². The summed E-state index contributed by atoms with van der Waals surface area (Å²) in [6.45, 7) is 6.54. The van der Waals surface area contributed by atoms with Crippen LogP contribution in [0.4, 0.5) is 0 Å². The Morgan fingerprint density at radius 2 is 1.54 bits per heavy atom. The zero-order chi connectivity index (χ0) is 26.6. The van der Waals surface area contributed by atoms with E-state index in [-0.39, 0.29) is 50.0 Å². The van der Waals surface area contributed by atoms with Crippen LogP contribution >= 0.6 is 0 Å². The normalized spacial score (nSPS) is 22.1. The molecule has 0 spiro atoms. The standard InChI is InChI=1S/C30H36O4SSeSi/c1-22-15-17-24(18-16-22)35(32,33)20-28-23(21-36-25-11-7-5-8-12-25)19-27(30(31)34-2)29(28)37(3,4)26-13-9-6-10-14-26/h5-18,23,27-29H,19-21H2,1-4H3/t23-,27-,28+,29+/m1/s1. The molecule has 3 aromatic rings. The van der Waals surface area contributed by atoms with Gasteiger partial charge in [-0.05, 0) is 0 Å². The molecule has 0 aromatic heterocycles. The van der Waals surface area contributed by atoms with Crippen molar-refractivity contribution in [2.75, 3.05) is 12.9 Å². The maximum atomic E-state index is 13.8. The summed E-state index contributed by atoms with van der Waals surface area (Å²) in [6, 6.07) is 27.9. The van der Waals surface area contributed by atoms with E-state index in [9.17, 15) is 13.2 Å². The number of esters is 1. The third kappa shape index (κ3) is 6.28. The van der Waals surface area contributed by atoms with Crippen LogP contribution in [-0.4, -0.2) is 50.3 Å². The predicted octanol–water partition coefficient (Wildman–Crippen LogP) is 4.63. The van der Waals surface area contributed by atoms with Crippen molar-refractivity contribution in [3.05, 3.63) is 90.5 Å². The van der Waals surface area contributed by atoms with Crippen molar-refractivity contribution in [3.8, 4) is 0 Å². The zero-order valence-electron chi connectivity index (χ0n) is 22.0. The molecule has 0 radical (unpaired) electrons. The maximum absolute atomic E-state index is 13.8. The van der Waals surface area contributed by atoms with Gasteiger partial charge >= 0.3 is 230 Å². The van der Waals surface area contributed by atoms with Crippen LogP contribution in [0.25, 0.3) is 0 Å². The Hall–Kier alpha value is -2.18. The van der Waals surface area contributed by atoms with Crippen LogP contribution < -0.4 is 9.65 Å². The minimum absolute atomic E-state index is 0.0286. The number of carbonyl (C=O) groups is 1. The van der Waals surface area contributed by atoms with Gasteiger partial charge in [-0.25, -0.2) is 0 Å². The van der Waals surface area contributed by atoms with E-state index in [2.05, 4.69) is 49.5 Å². The van der Waals surface area contributed by atoms with E-state index in [1.54, 1.807) is 12.1 Å². The molecule has 0 unspecified atom stereocenters. The fourth-order valence-corrected chi connectivity index (χ4v) is 14.4. The van der Waals surface area contributed by atoms with E-state index in [1.807, 2.05) is 43.3 Å². The molecule has 0 heterocycles. The summed E-state index contributed by atoms with van der Waals surface area (Å²) in [5.41, 5.74) is 1.00. The number of sulfone groups is 1. The minimum atomic E-state index is -3.53. The van der Waals surface area contributed by atoms with E-state index < -0.39 is 17.9 Å². The molecule has 1 fully saturated rings. The van der Waals surface area contributed by atoms with Gasteiger partial charge in [0, 0.05) is 0 Å².